The van der Waals surface area contributed by atoms with Crippen molar-refractivity contribution in [3.05, 3.63) is 120 Å². The Morgan fingerprint density at radius 2 is 1.45 bits per heavy atom. The molecule has 0 saturated carbocycles. The molecule has 0 aliphatic rings. The third-order valence-corrected chi connectivity index (χ3v) is 9.80. The van der Waals surface area contributed by atoms with E-state index in [1.165, 1.54) is 24.1 Å². The van der Waals surface area contributed by atoms with Crippen LogP contribution in [-0.2, 0) is 32.6 Å². The number of hydrogen-bond acceptors (Lipinski definition) is 6. The van der Waals surface area contributed by atoms with Crippen molar-refractivity contribution in [3.63, 3.8) is 0 Å². The normalized spacial score (nSPS) is 12.4. The lowest BCUT2D eigenvalue weighted by atomic mass is 10.0. The number of rotatable bonds is 15. The van der Waals surface area contributed by atoms with E-state index in [4.69, 9.17) is 9.47 Å². The van der Waals surface area contributed by atoms with Gasteiger partial charge in [-0.25, -0.2) is 8.42 Å². The van der Waals surface area contributed by atoms with Crippen LogP contribution in [0, 0.1) is 6.92 Å². The highest BCUT2D eigenvalue weighted by Crippen LogP contribution is 2.27. The summed E-state index contributed by atoms with van der Waals surface area (Å²) < 4.78 is 40.2. The minimum absolute atomic E-state index is 0.00127. The molecule has 248 valence electrons. The van der Waals surface area contributed by atoms with Crippen LogP contribution < -0.4 is 19.1 Å². The number of nitrogens with zero attached hydrogens (tertiary/aromatic N) is 2. The van der Waals surface area contributed by atoms with Crippen molar-refractivity contribution in [2.24, 2.45) is 0 Å². The zero-order valence-corrected chi connectivity index (χ0v) is 28.4. The number of anilines is 1. The fraction of sp³-hybridized carbons (Fsp3) is 0.297. The summed E-state index contributed by atoms with van der Waals surface area (Å²) in [5.41, 5.74) is 2.85. The summed E-state index contributed by atoms with van der Waals surface area (Å²) in [6, 6.07) is 28.6. The van der Waals surface area contributed by atoms with Crippen molar-refractivity contribution in [2.45, 2.75) is 57.1 Å². The summed E-state index contributed by atoms with van der Waals surface area (Å²) in [4.78, 5) is 30.1. The molecule has 47 heavy (non-hydrogen) atoms. The minimum atomic E-state index is -4.22. The van der Waals surface area contributed by atoms with E-state index in [9.17, 15) is 18.0 Å². The van der Waals surface area contributed by atoms with Crippen molar-refractivity contribution >= 4 is 27.5 Å². The van der Waals surface area contributed by atoms with E-state index < -0.39 is 28.5 Å². The van der Waals surface area contributed by atoms with Crippen molar-refractivity contribution in [1.82, 2.24) is 10.2 Å². The molecule has 9 nitrogen and oxygen atoms in total. The van der Waals surface area contributed by atoms with Crippen LogP contribution in [0.1, 0.15) is 37.0 Å². The Morgan fingerprint density at radius 1 is 0.809 bits per heavy atom. The molecular formula is C37H43N3O6S. The highest BCUT2D eigenvalue weighted by atomic mass is 32.2. The number of carbonyl (C=O) groups excluding carboxylic acids is 2. The van der Waals surface area contributed by atoms with Gasteiger partial charge in [-0.3, -0.25) is 13.9 Å². The molecule has 2 amide bonds. The summed E-state index contributed by atoms with van der Waals surface area (Å²) in [5.74, 6) is 0.245. The molecule has 0 bridgehead atoms. The highest BCUT2D eigenvalue weighted by molar-refractivity contribution is 7.92. The number of hydrogen-bond donors (Lipinski definition) is 1. The molecule has 0 radical (unpaired) electrons. The predicted molar refractivity (Wildman–Crippen MR) is 184 cm³/mol. The van der Waals surface area contributed by atoms with Gasteiger partial charge in [-0.15, -0.1) is 0 Å². The van der Waals surface area contributed by atoms with Crippen molar-refractivity contribution in [2.75, 3.05) is 25.1 Å². The molecule has 4 rings (SSSR count). The Hall–Kier alpha value is -4.83. The molecule has 0 spiro atoms. The van der Waals surface area contributed by atoms with E-state index >= 15 is 0 Å². The standard InChI is InChI=1S/C37H43N3O6S/c1-6-28(3)38-37(42)35(24-29-11-8-7-9-12-29)39(25-30-13-10-14-33(23-30)46-5)36(41)26-40(31-17-15-27(2)16-18-31)47(43,44)34-21-19-32(45-4)20-22-34/h7-23,28,35H,6,24-26H2,1-5H3,(H,38,42)/t28-,35-/m1/s1. The van der Waals surface area contributed by atoms with Crippen LogP contribution in [0.15, 0.2) is 108 Å². The largest absolute Gasteiger partial charge is 0.497 e. The van der Waals surface area contributed by atoms with E-state index in [1.807, 2.05) is 63.2 Å². The molecule has 0 saturated heterocycles. The fourth-order valence-corrected chi connectivity index (χ4v) is 6.49. The van der Waals surface area contributed by atoms with Crippen molar-refractivity contribution in [1.29, 1.82) is 0 Å². The van der Waals surface area contributed by atoms with Crippen LogP contribution in [0.5, 0.6) is 11.5 Å². The van der Waals surface area contributed by atoms with Crippen molar-refractivity contribution < 1.29 is 27.5 Å². The molecule has 4 aromatic rings. The van der Waals surface area contributed by atoms with Gasteiger partial charge in [0.1, 0.15) is 24.1 Å². The van der Waals surface area contributed by atoms with Gasteiger partial charge < -0.3 is 19.7 Å². The second-order valence-electron chi connectivity index (χ2n) is 11.4. The second kappa shape index (κ2) is 16.1. The lowest BCUT2D eigenvalue weighted by Gasteiger charge is -2.34. The van der Waals surface area contributed by atoms with Gasteiger partial charge in [0, 0.05) is 19.0 Å². The summed E-state index contributed by atoms with van der Waals surface area (Å²) in [6.07, 6.45) is 0.934. The van der Waals surface area contributed by atoms with E-state index in [0.717, 1.165) is 21.0 Å². The number of carbonyl (C=O) groups is 2. The lowest BCUT2D eigenvalue weighted by molar-refractivity contribution is -0.140. The number of amides is 2. The Morgan fingerprint density at radius 3 is 2.06 bits per heavy atom. The first-order valence-corrected chi connectivity index (χ1v) is 17.0. The monoisotopic (exact) mass is 657 g/mol. The van der Waals surface area contributed by atoms with Gasteiger partial charge in [0.05, 0.1) is 24.8 Å². The minimum Gasteiger partial charge on any atom is -0.497 e. The van der Waals surface area contributed by atoms with Crippen LogP contribution in [0.25, 0.3) is 0 Å². The Kier molecular flexibility index (Phi) is 12.0. The molecular weight excluding hydrogens is 614 g/mol. The molecule has 1 N–H and O–H groups in total. The van der Waals surface area contributed by atoms with Gasteiger partial charge in [0.25, 0.3) is 10.0 Å². The van der Waals surface area contributed by atoms with Gasteiger partial charge in [0.15, 0.2) is 0 Å². The average Bonchev–Trinajstić information content (AvgIpc) is 3.09. The van der Waals surface area contributed by atoms with Gasteiger partial charge in [-0.05, 0) is 79.9 Å². The summed E-state index contributed by atoms with van der Waals surface area (Å²) in [6.45, 7) is 5.29. The first kappa shape index (κ1) is 35.0. The molecule has 0 heterocycles. The maximum Gasteiger partial charge on any atom is 0.264 e. The number of sulfonamides is 1. The van der Waals surface area contributed by atoms with Crippen LogP contribution in [0.3, 0.4) is 0 Å². The Balaban J connectivity index is 1.81. The SMILES string of the molecule is CC[C@@H](C)NC(=O)[C@@H](Cc1ccccc1)N(Cc1cccc(OC)c1)C(=O)CN(c1ccc(C)cc1)S(=O)(=O)c1ccc(OC)cc1. The van der Waals surface area contributed by atoms with Crippen LogP contribution >= 0.6 is 0 Å². The summed E-state index contributed by atoms with van der Waals surface area (Å²) in [5, 5.41) is 3.05. The highest BCUT2D eigenvalue weighted by Gasteiger charge is 2.35. The van der Waals surface area contributed by atoms with Gasteiger partial charge in [0.2, 0.25) is 11.8 Å². The summed E-state index contributed by atoms with van der Waals surface area (Å²) >= 11 is 0. The molecule has 4 aromatic carbocycles. The molecule has 0 aromatic heterocycles. The van der Waals surface area contributed by atoms with E-state index in [-0.39, 0.29) is 29.8 Å². The van der Waals surface area contributed by atoms with Gasteiger partial charge in [-0.2, -0.15) is 0 Å². The second-order valence-corrected chi connectivity index (χ2v) is 13.3. The molecule has 10 heteroatoms. The Bertz CT molecular complexity index is 1730. The van der Waals surface area contributed by atoms with Gasteiger partial charge >= 0.3 is 0 Å². The van der Waals surface area contributed by atoms with Crippen molar-refractivity contribution in [3.8, 4) is 11.5 Å². The number of nitrogens with one attached hydrogen (secondary N) is 1. The quantitative estimate of drug-likeness (QED) is 0.174. The zero-order valence-electron chi connectivity index (χ0n) is 27.6. The van der Waals surface area contributed by atoms with E-state index in [2.05, 4.69) is 5.32 Å². The fourth-order valence-electron chi connectivity index (χ4n) is 5.08. The maximum absolute atomic E-state index is 14.6. The van der Waals surface area contributed by atoms with Crippen LogP contribution in [0.2, 0.25) is 0 Å². The Labute approximate surface area is 278 Å². The number of methoxy groups -OCH3 is 2. The third-order valence-electron chi connectivity index (χ3n) is 8.01. The average molecular weight is 658 g/mol. The molecule has 0 aliphatic carbocycles. The number of benzene rings is 4. The van der Waals surface area contributed by atoms with E-state index in [0.29, 0.717) is 23.6 Å². The van der Waals surface area contributed by atoms with E-state index in [1.54, 1.807) is 55.6 Å². The topological polar surface area (TPSA) is 105 Å². The first-order valence-electron chi connectivity index (χ1n) is 15.6. The maximum atomic E-state index is 14.6. The molecule has 2 atom stereocenters. The van der Waals surface area contributed by atoms with Gasteiger partial charge in [-0.1, -0.05) is 67.1 Å². The molecule has 0 aliphatic heterocycles. The third kappa shape index (κ3) is 9.13. The molecule has 0 fully saturated rings. The first-order chi connectivity index (χ1) is 22.5. The van der Waals surface area contributed by atoms with Crippen LogP contribution in [0.4, 0.5) is 5.69 Å². The zero-order chi connectivity index (χ0) is 34.0. The number of aryl methyl sites for hydroxylation is 1. The lowest BCUT2D eigenvalue weighted by Crippen LogP contribution is -2.54. The predicted octanol–water partition coefficient (Wildman–Crippen LogP) is 5.76. The van der Waals surface area contributed by atoms with Crippen LogP contribution in [-0.4, -0.2) is 58.0 Å². The summed E-state index contributed by atoms with van der Waals surface area (Å²) in [7, 11) is -1.16. The molecule has 0 unspecified atom stereocenters. The number of ether oxygens (including phenoxy) is 2. The smallest absolute Gasteiger partial charge is 0.264 e.